The van der Waals surface area contributed by atoms with E-state index < -0.39 is 0 Å². The standard InChI is InChI=1S/C21H38N4O3.ClH/c1-17(2)15-20(27)25-13-11-24(12-14-25)19(26)8-4-3-5-10-23-21(28)18-7-6-9-22-16-18;/h17-18,22H,3-16H2,1-2H3,(H,23,28);1H. The summed E-state index contributed by atoms with van der Waals surface area (Å²) in [7, 11) is 0. The largest absolute Gasteiger partial charge is 0.356 e. The molecule has 7 nitrogen and oxygen atoms in total. The zero-order valence-corrected chi connectivity index (χ0v) is 18.9. The Labute approximate surface area is 181 Å². The summed E-state index contributed by atoms with van der Waals surface area (Å²) in [5, 5.41) is 6.28. The second kappa shape index (κ2) is 13.8. The average Bonchev–Trinajstić information content (AvgIpc) is 2.70. The topological polar surface area (TPSA) is 81.8 Å². The fourth-order valence-electron chi connectivity index (χ4n) is 3.85. The fraction of sp³-hybridized carbons (Fsp3) is 0.857. The lowest BCUT2D eigenvalue weighted by atomic mass is 9.99. The maximum atomic E-state index is 12.3. The first kappa shape index (κ1) is 25.7. The van der Waals surface area contributed by atoms with Crippen molar-refractivity contribution in [3.05, 3.63) is 0 Å². The zero-order valence-electron chi connectivity index (χ0n) is 18.1. The Morgan fingerprint density at radius 2 is 1.66 bits per heavy atom. The Hall–Kier alpha value is -1.34. The predicted molar refractivity (Wildman–Crippen MR) is 117 cm³/mol. The van der Waals surface area contributed by atoms with Gasteiger partial charge in [-0.1, -0.05) is 20.3 Å². The van der Waals surface area contributed by atoms with E-state index in [2.05, 4.69) is 24.5 Å². The van der Waals surface area contributed by atoms with Crippen molar-refractivity contribution in [2.24, 2.45) is 11.8 Å². The first-order valence-corrected chi connectivity index (χ1v) is 11.0. The molecule has 8 heteroatoms. The van der Waals surface area contributed by atoms with Gasteiger partial charge in [-0.05, 0) is 38.1 Å². The van der Waals surface area contributed by atoms with Gasteiger partial charge < -0.3 is 20.4 Å². The number of amides is 3. The van der Waals surface area contributed by atoms with Crippen LogP contribution in [0.5, 0.6) is 0 Å². The van der Waals surface area contributed by atoms with Gasteiger partial charge >= 0.3 is 0 Å². The minimum Gasteiger partial charge on any atom is -0.356 e. The number of nitrogens with zero attached hydrogens (tertiary/aromatic N) is 2. The SMILES string of the molecule is CC(C)CC(=O)N1CCN(C(=O)CCCCCNC(=O)C2CCCNC2)CC1.Cl. The number of carbonyl (C=O) groups is 3. The quantitative estimate of drug-likeness (QED) is 0.546. The maximum Gasteiger partial charge on any atom is 0.224 e. The molecule has 0 aromatic heterocycles. The number of carbonyl (C=O) groups excluding carboxylic acids is 3. The van der Waals surface area contributed by atoms with Crippen LogP contribution in [-0.2, 0) is 14.4 Å². The van der Waals surface area contributed by atoms with E-state index in [1.165, 1.54) is 0 Å². The average molecular weight is 431 g/mol. The summed E-state index contributed by atoms with van der Waals surface area (Å²) in [5.41, 5.74) is 0. The smallest absolute Gasteiger partial charge is 0.224 e. The molecule has 0 radical (unpaired) electrons. The van der Waals surface area contributed by atoms with Crippen LogP contribution in [0.4, 0.5) is 0 Å². The molecule has 0 aromatic rings. The molecule has 29 heavy (non-hydrogen) atoms. The monoisotopic (exact) mass is 430 g/mol. The molecule has 2 aliphatic heterocycles. The molecule has 0 saturated carbocycles. The second-order valence-electron chi connectivity index (χ2n) is 8.50. The minimum absolute atomic E-state index is 0. The molecule has 2 heterocycles. The summed E-state index contributed by atoms with van der Waals surface area (Å²) in [4.78, 5) is 40.2. The maximum absolute atomic E-state index is 12.3. The van der Waals surface area contributed by atoms with E-state index in [9.17, 15) is 14.4 Å². The summed E-state index contributed by atoms with van der Waals surface area (Å²) in [5.74, 6) is 1.03. The van der Waals surface area contributed by atoms with Gasteiger partial charge in [-0.3, -0.25) is 14.4 Å². The highest BCUT2D eigenvalue weighted by Crippen LogP contribution is 2.11. The summed E-state index contributed by atoms with van der Waals surface area (Å²) in [6.07, 6.45) is 5.90. The Morgan fingerprint density at radius 1 is 1.00 bits per heavy atom. The molecular formula is C21H39ClN4O3. The van der Waals surface area contributed by atoms with Crippen molar-refractivity contribution < 1.29 is 14.4 Å². The lowest BCUT2D eigenvalue weighted by Crippen LogP contribution is -2.50. The molecular weight excluding hydrogens is 392 g/mol. The van der Waals surface area contributed by atoms with Gasteiger partial charge in [0, 0.05) is 52.1 Å². The van der Waals surface area contributed by atoms with Crippen molar-refractivity contribution in [3.8, 4) is 0 Å². The number of halogens is 1. The van der Waals surface area contributed by atoms with E-state index >= 15 is 0 Å². The fourth-order valence-corrected chi connectivity index (χ4v) is 3.85. The molecule has 2 fully saturated rings. The van der Waals surface area contributed by atoms with Crippen LogP contribution < -0.4 is 10.6 Å². The van der Waals surface area contributed by atoms with Crippen LogP contribution in [0.2, 0.25) is 0 Å². The second-order valence-corrected chi connectivity index (χ2v) is 8.50. The van der Waals surface area contributed by atoms with E-state index in [-0.39, 0.29) is 36.0 Å². The third kappa shape index (κ3) is 9.34. The third-order valence-electron chi connectivity index (χ3n) is 5.60. The predicted octanol–water partition coefficient (Wildman–Crippen LogP) is 1.80. The highest BCUT2D eigenvalue weighted by molar-refractivity contribution is 5.85. The van der Waals surface area contributed by atoms with Gasteiger partial charge in [-0.2, -0.15) is 0 Å². The van der Waals surface area contributed by atoms with Crippen LogP contribution in [0.25, 0.3) is 0 Å². The molecule has 2 N–H and O–H groups in total. The van der Waals surface area contributed by atoms with Gasteiger partial charge in [-0.15, -0.1) is 12.4 Å². The van der Waals surface area contributed by atoms with Gasteiger partial charge in [0.25, 0.3) is 0 Å². The van der Waals surface area contributed by atoms with Gasteiger partial charge in [0.1, 0.15) is 0 Å². The molecule has 1 unspecified atom stereocenters. The van der Waals surface area contributed by atoms with E-state index in [1.54, 1.807) is 0 Å². The lowest BCUT2D eigenvalue weighted by molar-refractivity contribution is -0.140. The number of piperidine rings is 1. The van der Waals surface area contributed by atoms with Crippen LogP contribution in [0.15, 0.2) is 0 Å². The van der Waals surface area contributed by atoms with Crippen LogP contribution in [0, 0.1) is 11.8 Å². The lowest BCUT2D eigenvalue weighted by Gasteiger charge is -2.35. The van der Waals surface area contributed by atoms with E-state index in [1.807, 2.05) is 9.80 Å². The summed E-state index contributed by atoms with van der Waals surface area (Å²) < 4.78 is 0. The zero-order chi connectivity index (χ0) is 20.4. The van der Waals surface area contributed by atoms with Crippen molar-refractivity contribution >= 4 is 30.1 Å². The van der Waals surface area contributed by atoms with Crippen molar-refractivity contribution in [2.45, 2.75) is 58.8 Å². The molecule has 2 rings (SSSR count). The molecule has 0 aliphatic carbocycles. The number of unbranched alkanes of at least 4 members (excludes halogenated alkanes) is 2. The van der Waals surface area contributed by atoms with E-state index in [0.717, 1.165) is 45.2 Å². The third-order valence-corrected chi connectivity index (χ3v) is 5.60. The summed E-state index contributed by atoms with van der Waals surface area (Å²) >= 11 is 0. The number of nitrogens with one attached hydrogen (secondary N) is 2. The van der Waals surface area contributed by atoms with Crippen molar-refractivity contribution in [1.29, 1.82) is 0 Å². The minimum atomic E-state index is 0. The van der Waals surface area contributed by atoms with Crippen LogP contribution in [0.3, 0.4) is 0 Å². The first-order chi connectivity index (χ1) is 13.5. The highest BCUT2D eigenvalue weighted by atomic mass is 35.5. The van der Waals surface area contributed by atoms with E-state index in [4.69, 9.17) is 0 Å². The van der Waals surface area contributed by atoms with Gasteiger partial charge in [0.05, 0.1) is 5.92 Å². The van der Waals surface area contributed by atoms with Crippen molar-refractivity contribution in [1.82, 2.24) is 20.4 Å². The molecule has 2 saturated heterocycles. The van der Waals surface area contributed by atoms with Gasteiger partial charge in [0.15, 0.2) is 0 Å². The van der Waals surface area contributed by atoms with E-state index in [0.29, 0.717) is 51.5 Å². The van der Waals surface area contributed by atoms with Crippen LogP contribution >= 0.6 is 12.4 Å². The Bertz CT molecular complexity index is 516. The number of hydrogen-bond donors (Lipinski definition) is 2. The molecule has 1 atom stereocenters. The number of piperazine rings is 1. The van der Waals surface area contributed by atoms with Crippen LogP contribution in [0.1, 0.15) is 58.8 Å². The summed E-state index contributed by atoms with van der Waals surface area (Å²) in [6, 6.07) is 0. The Morgan fingerprint density at radius 3 is 2.24 bits per heavy atom. The number of rotatable bonds is 9. The number of hydrogen-bond acceptors (Lipinski definition) is 4. The molecule has 168 valence electrons. The van der Waals surface area contributed by atoms with Gasteiger partial charge in [0.2, 0.25) is 17.7 Å². The Balaban J connectivity index is 0.00000420. The van der Waals surface area contributed by atoms with Crippen molar-refractivity contribution in [3.63, 3.8) is 0 Å². The highest BCUT2D eigenvalue weighted by Gasteiger charge is 2.24. The molecule has 0 bridgehead atoms. The molecule has 3 amide bonds. The molecule has 0 aromatic carbocycles. The Kier molecular flexibility index (Phi) is 12.2. The van der Waals surface area contributed by atoms with Gasteiger partial charge in [-0.25, -0.2) is 0 Å². The summed E-state index contributed by atoms with van der Waals surface area (Å²) in [6.45, 7) is 9.20. The first-order valence-electron chi connectivity index (χ1n) is 11.0. The normalized spacial score (nSPS) is 19.6. The molecule has 2 aliphatic rings. The van der Waals surface area contributed by atoms with Crippen molar-refractivity contribution in [2.75, 3.05) is 45.8 Å². The van der Waals surface area contributed by atoms with Crippen LogP contribution in [-0.4, -0.2) is 73.3 Å². The molecule has 0 spiro atoms.